The highest BCUT2D eigenvalue weighted by atomic mass is 19.4. The van der Waals surface area contributed by atoms with Crippen molar-refractivity contribution in [3.63, 3.8) is 0 Å². The number of pyridine rings is 1. The zero-order valence-corrected chi connectivity index (χ0v) is 13.2. The van der Waals surface area contributed by atoms with Gasteiger partial charge in [-0.15, -0.1) is 0 Å². The molecule has 1 nitrogen and oxygen atoms in total. The molecule has 0 atom stereocenters. The third-order valence-electron chi connectivity index (χ3n) is 3.54. The number of alkyl halides is 5. The molecular weight excluding hydrogens is 332 g/mol. The molecule has 0 aliphatic carbocycles. The van der Waals surface area contributed by atoms with Crippen LogP contribution < -0.4 is 0 Å². The van der Waals surface area contributed by atoms with E-state index in [1.165, 1.54) is 0 Å². The monoisotopic (exact) mass is 347 g/mol. The van der Waals surface area contributed by atoms with Gasteiger partial charge in [-0.1, -0.05) is 20.8 Å². The lowest BCUT2D eigenvalue weighted by molar-refractivity contribution is -0.138. The Morgan fingerprint density at radius 3 is 1.92 bits per heavy atom. The van der Waals surface area contributed by atoms with Gasteiger partial charge in [0.1, 0.15) is 11.5 Å². The molecule has 0 aliphatic heterocycles. The normalized spacial score (nSPS) is 13.2. The smallest absolute Gasteiger partial charge is 0.255 e. The van der Waals surface area contributed by atoms with Crippen molar-refractivity contribution in [2.75, 3.05) is 0 Å². The second-order valence-corrected chi connectivity index (χ2v) is 6.48. The van der Waals surface area contributed by atoms with E-state index in [0.29, 0.717) is 11.6 Å². The Hall–Kier alpha value is -2.05. The van der Waals surface area contributed by atoms with Crippen molar-refractivity contribution < 1.29 is 26.3 Å². The zero-order valence-electron chi connectivity index (χ0n) is 13.2. The summed E-state index contributed by atoms with van der Waals surface area (Å²) in [6, 6.07) is 3.48. The fourth-order valence-electron chi connectivity index (χ4n) is 2.15. The molecule has 1 aromatic carbocycles. The molecule has 0 unspecified atom stereocenters. The maximum absolute atomic E-state index is 14.6. The minimum atomic E-state index is -4.92. The molecule has 0 saturated carbocycles. The number of aromatic nitrogens is 1. The number of rotatable bonds is 2. The summed E-state index contributed by atoms with van der Waals surface area (Å²) in [5, 5.41) is 0. The van der Waals surface area contributed by atoms with Gasteiger partial charge in [0.25, 0.3) is 0 Å². The Labute approximate surface area is 135 Å². The van der Waals surface area contributed by atoms with Crippen LogP contribution in [0.25, 0.3) is 0 Å². The topological polar surface area (TPSA) is 12.9 Å². The van der Waals surface area contributed by atoms with Crippen LogP contribution in [0, 0.1) is 5.82 Å². The molecule has 2 aromatic rings. The maximum Gasteiger partial charge on any atom is 0.416 e. The number of hydrogen-bond donors (Lipinski definition) is 0. The van der Waals surface area contributed by atoms with Crippen LogP contribution in [0.15, 0.2) is 36.5 Å². The van der Waals surface area contributed by atoms with E-state index < -0.39 is 40.2 Å². The Kier molecular flexibility index (Phi) is 4.41. The van der Waals surface area contributed by atoms with Gasteiger partial charge in [0.2, 0.25) is 0 Å². The van der Waals surface area contributed by atoms with Crippen LogP contribution in [0.2, 0.25) is 0 Å². The second-order valence-electron chi connectivity index (χ2n) is 6.48. The van der Waals surface area contributed by atoms with E-state index in [-0.39, 0.29) is 12.1 Å². The van der Waals surface area contributed by atoms with E-state index in [0.717, 1.165) is 12.3 Å². The fraction of sp³-hybridized carbons (Fsp3) is 0.353. The summed E-state index contributed by atoms with van der Waals surface area (Å²) in [5.41, 5.74) is -3.20. The van der Waals surface area contributed by atoms with Gasteiger partial charge in [0.15, 0.2) is 0 Å². The number of nitrogens with zero attached hydrogens (tertiary/aromatic N) is 1. The van der Waals surface area contributed by atoms with E-state index in [1.54, 1.807) is 26.8 Å². The van der Waals surface area contributed by atoms with E-state index in [4.69, 9.17) is 0 Å². The van der Waals surface area contributed by atoms with Gasteiger partial charge in [-0.05, 0) is 41.3 Å². The first kappa shape index (κ1) is 18.3. The summed E-state index contributed by atoms with van der Waals surface area (Å²) in [7, 11) is 0. The lowest BCUT2D eigenvalue weighted by Crippen LogP contribution is -2.21. The molecule has 0 N–H and O–H groups in total. The Balaban J connectivity index is 2.57. The van der Waals surface area contributed by atoms with E-state index in [9.17, 15) is 26.3 Å². The fourth-order valence-corrected chi connectivity index (χ4v) is 2.15. The molecule has 2 rings (SSSR count). The van der Waals surface area contributed by atoms with Gasteiger partial charge in [-0.3, -0.25) is 4.98 Å². The van der Waals surface area contributed by atoms with Crippen molar-refractivity contribution >= 4 is 0 Å². The molecule has 0 radical (unpaired) electrons. The molecule has 130 valence electrons. The number of halogens is 6. The number of hydrogen-bond acceptors (Lipinski definition) is 1. The molecule has 0 spiro atoms. The van der Waals surface area contributed by atoms with Crippen LogP contribution in [0.4, 0.5) is 26.3 Å². The molecule has 1 aromatic heterocycles. The van der Waals surface area contributed by atoms with Crippen LogP contribution in [-0.4, -0.2) is 4.98 Å². The molecule has 24 heavy (non-hydrogen) atoms. The van der Waals surface area contributed by atoms with Crippen LogP contribution in [0.5, 0.6) is 0 Å². The first-order valence-corrected chi connectivity index (χ1v) is 7.05. The quantitative estimate of drug-likeness (QED) is 0.637. The minimum absolute atomic E-state index is 0.179. The number of benzene rings is 1. The highest BCUT2D eigenvalue weighted by Gasteiger charge is 2.40. The maximum atomic E-state index is 14.6. The third kappa shape index (κ3) is 3.71. The van der Waals surface area contributed by atoms with Crippen molar-refractivity contribution in [3.8, 4) is 0 Å². The molecule has 1 heterocycles. The first-order chi connectivity index (χ1) is 10.8. The summed E-state index contributed by atoms with van der Waals surface area (Å²) in [5.74, 6) is -5.24. The van der Waals surface area contributed by atoms with Gasteiger partial charge in [0.05, 0.1) is 5.56 Å². The predicted molar refractivity (Wildman–Crippen MR) is 77.3 cm³/mol. The Bertz CT molecular complexity index is 743. The summed E-state index contributed by atoms with van der Waals surface area (Å²) in [6.07, 6.45) is -3.76. The van der Waals surface area contributed by atoms with Crippen LogP contribution >= 0.6 is 0 Å². The zero-order chi connectivity index (χ0) is 18.3. The predicted octanol–water partition coefficient (Wildman–Crippen LogP) is 5.68. The minimum Gasteiger partial charge on any atom is -0.255 e. The SMILES string of the molecule is CC(C)(C)c1ccnc(C(F)(F)c2cc(F)cc(C(F)(F)F)c2)c1. The largest absolute Gasteiger partial charge is 0.416 e. The molecule has 0 aliphatic rings. The van der Waals surface area contributed by atoms with Crippen molar-refractivity contribution in [2.45, 2.75) is 38.3 Å². The highest BCUT2D eigenvalue weighted by Crippen LogP contribution is 2.39. The lowest BCUT2D eigenvalue weighted by Gasteiger charge is -2.22. The summed E-state index contributed by atoms with van der Waals surface area (Å²) >= 11 is 0. The Morgan fingerprint density at radius 1 is 0.792 bits per heavy atom. The van der Waals surface area contributed by atoms with Crippen LogP contribution in [0.1, 0.15) is 43.2 Å². The van der Waals surface area contributed by atoms with Gasteiger partial charge >= 0.3 is 12.1 Å². The van der Waals surface area contributed by atoms with Crippen molar-refractivity contribution in [1.29, 1.82) is 0 Å². The van der Waals surface area contributed by atoms with Crippen molar-refractivity contribution in [3.05, 3.63) is 64.7 Å². The molecule has 7 heteroatoms. The van der Waals surface area contributed by atoms with Gasteiger partial charge < -0.3 is 0 Å². The summed E-state index contributed by atoms with van der Waals surface area (Å²) in [6.45, 7) is 5.40. The first-order valence-electron chi connectivity index (χ1n) is 7.05. The summed E-state index contributed by atoms with van der Waals surface area (Å²) < 4.78 is 80.8. The average Bonchev–Trinajstić information content (AvgIpc) is 2.45. The van der Waals surface area contributed by atoms with Gasteiger partial charge in [0, 0.05) is 11.8 Å². The molecular formula is C17H15F6N. The van der Waals surface area contributed by atoms with Crippen molar-refractivity contribution in [2.24, 2.45) is 0 Å². The average molecular weight is 347 g/mol. The van der Waals surface area contributed by atoms with E-state index in [1.807, 2.05) is 0 Å². The molecule has 0 saturated heterocycles. The van der Waals surface area contributed by atoms with Crippen LogP contribution in [0.3, 0.4) is 0 Å². The summed E-state index contributed by atoms with van der Waals surface area (Å²) in [4.78, 5) is 3.57. The highest BCUT2D eigenvalue weighted by molar-refractivity contribution is 5.36. The van der Waals surface area contributed by atoms with Gasteiger partial charge in [-0.25, -0.2) is 4.39 Å². The molecule has 0 amide bonds. The van der Waals surface area contributed by atoms with Crippen molar-refractivity contribution in [1.82, 2.24) is 4.98 Å². The van der Waals surface area contributed by atoms with E-state index in [2.05, 4.69) is 4.98 Å². The third-order valence-corrected chi connectivity index (χ3v) is 3.54. The Morgan fingerprint density at radius 2 is 1.38 bits per heavy atom. The lowest BCUT2D eigenvalue weighted by atomic mass is 9.86. The standard InChI is InChI=1S/C17H15F6N/c1-15(2,3)10-4-5-24-14(9-10)16(19,20)11-6-12(17(21,22)23)8-13(18)7-11/h4-9H,1-3H3. The van der Waals surface area contributed by atoms with E-state index >= 15 is 0 Å². The van der Waals surface area contributed by atoms with Crippen LogP contribution in [-0.2, 0) is 17.5 Å². The molecule has 0 bridgehead atoms. The molecule has 0 fully saturated rings. The second kappa shape index (κ2) is 5.79. The van der Waals surface area contributed by atoms with Gasteiger partial charge in [-0.2, -0.15) is 22.0 Å².